The maximum Gasteiger partial charge on any atom is 0.137 e. The molecule has 0 amide bonds. The summed E-state index contributed by atoms with van der Waals surface area (Å²) >= 11 is 1.87. The molecule has 3 nitrogen and oxygen atoms in total. The topological polar surface area (TPSA) is 29.5 Å². The van der Waals surface area contributed by atoms with Crippen molar-refractivity contribution in [3.8, 4) is 11.1 Å². The Bertz CT molecular complexity index is 3110. The monoisotopic (exact) mass is 657 g/mol. The highest BCUT2D eigenvalue weighted by Crippen LogP contribution is 2.43. The summed E-state index contributed by atoms with van der Waals surface area (Å²) in [6.07, 6.45) is 0. The largest absolute Gasteiger partial charge is 0.456 e. The van der Waals surface area contributed by atoms with Crippen LogP contribution in [-0.4, -0.2) is 0 Å². The summed E-state index contributed by atoms with van der Waals surface area (Å²) in [7, 11) is 0. The highest BCUT2D eigenvalue weighted by Gasteiger charge is 2.18. The smallest absolute Gasteiger partial charge is 0.137 e. The number of furan rings is 2. The van der Waals surface area contributed by atoms with Crippen LogP contribution in [0.3, 0.4) is 0 Å². The van der Waals surface area contributed by atoms with Gasteiger partial charge in [-0.05, 0) is 88.6 Å². The van der Waals surface area contributed by atoms with Crippen molar-refractivity contribution in [2.45, 2.75) is 0 Å². The molecule has 11 rings (SSSR count). The minimum atomic E-state index is 0.865. The lowest BCUT2D eigenvalue weighted by Gasteiger charge is -2.25. The van der Waals surface area contributed by atoms with Crippen molar-refractivity contribution in [1.29, 1.82) is 0 Å². The van der Waals surface area contributed by atoms with Crippen LogP contribution in [0.1, 0.15) is 0 Å². The first-order valence-corrected chi connectivity index (χ1v) is 17.6. The fraction of sp³-hybridized carbons (Fsp3) is 0. The molecule has 11 aromatic rings. The number of thiophene rings is 1. The summed E-state index contributed by atoms with van der Waals surface area (Å²) in [5.41, 5.74) is 9.05. The second-order valence-corrected chi connectivity index (χ2v) is 14.0. The van der Waals surface area contributed by atoms with Crippen LogP contribution in [0.25, 0.3) is 85.9 Å². The SMILES string of the molecule is c1ccc2c(c1)ccc1sc3cc(-c4ccc(N(c5ccc6c(c5)oc5ccccc56)c5ccc6oc7ccccc7c6c5)cc4)ccc3c12. The van der Waals surface area contributed by atoms with Gasteiger partial charge in [0.15, 0.2) is 0 Å². The number of hydrogen-bond donors (Lipinski definition) is 0. The predicted molar refractivity (Wildman–Crippen MR) is 212 cm³/mol. The molecule has 0 aliphatic rings. The van der Waals surface area contributed by atoms with E-state index in [1.807, 2.05) is 35.6 Å². The van der Waals surface area contributed by atoms with Gasteiger partial charge < -0.3 is 13.7 Å². The average molecular weight is 658 g/mol. The molecule has 3 aromatic heterocycles. The molecule has 0 spiro atoms. The molecule has 4 heteroatoms. The number of fused-ring (bicyclic) bond motifs is 11. The van der Waals surface area contributed by atoms with E-state index in [1.54, 1.807) is 0 Å². The van der Waals surface area contributed by atoms with Gasteiger partial charge in [-0.25, -0.2) is 0 Å². The van der Waals surface area contributed by atoms with E-state index >= 15 is 0 Å². The highest BCUT2D eigenvalue weighted by atomic mass is 32.1. The maximum atomic E-state index is 6.35. The van der Waals surface area contributed by atoms with Gasteiger partial charge in [-0.3, -0.25) is 0 Å². The lowest BCUT2D eigenvalue weighted by molar-refractivity contribution is 0.668. The number of rotatable bonds is 4. The van der Waals surface area contributed by atoms with Gasteiger partial charge in [-0.15, -0.1) is 11.3 Å². The van der Waals surface area contributed by atoms with Gasteiger partial charge in [0, 0.05) is 64.8 Å². The van der Waals surface area contributed by atoms with Gasteiger partial charge in [0.25, 0.3) is 0 Å². The number of benzene rings is 8. The van der Waals surface area contributed by atoms with Crippen molar-refractivity contribution < 1.29 is 8.83 Å². The Morgan fingerprint density at radius 2 is 0.960 bits per heavy atom. The Labute approximate surface area is 290 Å². The first-order valence-electron chi connectivity index (χ1n) is 16.8. The molecule has 50 heavy (non-hydrogen) atoms. The Hall–Kier alpha value is -6.36. The van der Waals surface area contributed by atoms with Gasteiger partial charge in [0.1, 0.15) is 22.3 Å². The molecule has 234 valence electrons. The van der Waals surface area contributed by atoms with Crippen LogP contribution in [0.5, 0.6) is 0 Å². The van der Waals surface area contributed by atoms with Crippen molar-refractivity contribution in [2.24, 2.45) is 0 Å². The minimum Gasteiger partial charge on any atom is -0.456 e. The molecule has 0 N–H and O–H groups in total. The lowest BCUT2D eigenvalue weighted by Crippen LogP contribution is -2.09. The van der Waals surface area contributed by atoms with Crippen LogP contribution in [0.15, 0.2) is 173 Å². The number of nitrogens with zero attached hydrogens (tertiary/aromatic N) is 1. The van der Waals surface area contributed by atoms with Crippen LogP contribution in [0, 0.1) is 0 Å². The molecule has 3 heterocycles. The summed E-state index contributed by atoms with van der Waals surface area (Å²) in [5.74, 6) is 0. The zero-order chi connectivity index (χ0) is 32.8. The summed E-state index contributed by atoms with van der Waals surface area (Å²) < 4.78 is 15.2. The molecular formula is C46H27NO2S. The normalized spacial score (nSPS) is 12.0. The number of para-hydroxylation sites is 2. The third-order valence-corrected chi connectivity index (χ3v) is 11.2. The summed E-state index contributed by atoms with van der Waals surface area (Å²) in [5, 5.41) is 9.70. The van der Waals surface area contributed by atoms with E-state index in [9.17, 15) is 0 Å². The lowest BCUT2D eigenvalue weighted by atomic mass is 10.0. The summed E-state index contributed by atoms with van der Waals surface area (Å²) in [4.78, 5) is 2.30. The number of hydrogen-bond acceptors (Lipinski definition) is 4. The maximum absolute atomic E-state index is 6.35. The minimum absolute atomic E-state index is 0.865. The predicted octanol–water partition coefficient (Wildman–Crippen LogP) is 14.1. The highest BCUT2D eigenvalue weighted by molar-refractivity contribution is 7.26. The molecule has 0 unspecified atom stereocenters. The molecule has 0 saturated heterocycles. The van der Waals surface area contributed by atoms with Crippen LogP contribution in [-0.2, 0) is 0 Å². The molecule has 0 aliphatic carbocycles. The van der Waals surface area contributed by atoms with Crippen molar-refractivity contribution in [2.75, 3.05) is 4.90 Å². The van der Waals surface area contributed by atoms with E-state index in [1.165, 1.54) is 42.1 Å². The molecule has 0 atom stereocenters. The van der Waals surface area contributed by atoms with Gasteiger partial charge in [0.05, 0.1) is 0 Å². The van der Waals surface area contributed by atoms with E-state index in [0.717, 1.165) is 60.9 Å². The van der Waals surface area contributed by atoms with E-state index in [-0.39, 0.29) is 0 Å². The van der Waals surface area contributed by atoms with Crippen LogP contribution in [0.4, 0.5) is 17.1 Å². The fourth-order valence-electron chi connectivity index (χ4n) is 7.68. The zero-order valence-electron chi connectivity index (χ0n) is 26.8. The van der Waals surface area contributed by atoms with Crippen LogP contribution in [0.2, 0.25) is 0 Å². The van der Waals surface area contributed by atoms with E-state index in [4.69, 9.17) is 8.83 Å². The average Bonchev–Trinajstić information content (AvgIpc) is 3.86. The van der Waals surface area contributed by atoms with Gasteiger partial charge in [0.2, 0.25) is 0 Å². The molecule has 0 aliphatic heterocycles. The third-order valence-electron chi connectivity index (χ3n) is 10.1. The van der Waals surface area contributed by atoms with E-state index in [2.05, 4.69) is 144 Å². The van der Waals surface area contributed by atoms with Crippen molar-refractivity contribution in [1.82, 2.24) is 0 Å². The molecule has 0 radical (unpaired) electrons. The van der Waals surface area contributed by atoms with E-state index in [0.29, 0.717) is 0 Å². The summed E-state index contributed by atoms with van der Waals surface area (Å²) in [6.45, 7) is 0. The first-order chi connectivity index (χ1) is 24.7. The number of anilines is 3. The van der Waals surface area contributed by atoms with Crippen LogP contribution >= 0.6 is 11.3 Å². The Kier molecular flexibility index (Phi) is 5.83. The van der Waals surface area contributed by atoms with Gasteiger partial charge in [-0.1, -0.05) is 91.0 Å². The van der Waals surface area contributed by atoms with Gasteiger partial charge >= 0.3 is 0 Å². The fourth-order valence-corrected chi connectivity index (χ4v) is 8.84. The van der Waals surface area contributed by atoms with Crippen molar-refractivity contribution in [3.63, 3.8) is 0 Å². The molecule has 0 bridgehead atoms. The van der Waals surface area contributed by atoms with Crippen molar-refractivity contribution >= 4 is 103 Å². The van der Waals surface area contributed by atoms with Crippen molar-refractivity contribution in [3.05, 3.63) is 164 Å². The Morgan fingerprint density at radius 3 is 1.80 bits per heavy atom. The zero-order valence-corrected chi connectivity index (χ0v) is 27.6. The second kappa shape index (κ2) is 10.6. The third kappa shape index (κ3) is 4.16. The molecule has 0 saturated carbocycles. The van der Waals surface area contributed by atoms with E-state index < -0.39 is 0 Å². The Morgan fingerprint density at radius 1 is 0.360 bits per heavy atom. The molecule has 8 aromatic carbocycles. The molecular weight excluding hydrogens is 631 g/mol. The standard InChI is InChI=1S/C46H27NO2S/c1-2-8-34-29(7-1)16-24-44-46(34)38-21-15-30(25-45(38)50-44)28-13-17-31(18-14-28)47(32-20-23-42-39(26-32)36-10-4-6-12-41(36)48-42)33-19-22-37-35-9-3-5-11-40(35)49-43(37)27-33/h1-27H. The summed E-state index contributed by atoms with van der Waals surface area (Å²) in [6, 6.07) is 58.4. The van der Waals surface area contributed by atoms with Crippen LogP contribution < -0.4 is 4.90 Å². The second-order valence-electron chi connectivity index (χ2n) is 12.9. The van der Waals surface area contributed by atoms with Gasteiger partial charge in [-0.2, -0.15) is 0 Å². The first kappa shape index (κ1) is 27.6. The Balaban J connectivity index is 1.04. The quantitative estimate of drug-likeness (QED) is 0.189. The molecule has 0 fully saturated rings.